The molecule has 5 nitrogen and oxygen atoms in total. The van der Waals surface area contributed by atoms with Gasteiger partial charge in [-0.25, -0.2) is 0 Å². The number of nitrogens with one attached hydrogen (secondary N) is 1. The summed E-state index contributed by atoms with van der Waals surface area (Å²) in [7, 11) is 1.80. The number of imide groups is 1. The van der Waals surface area contributed by atoms with Gasteiger partial charge in [-0.1, -0.05) is 0 Å². The highest BCUT2D eigenvalue weighted by atomic mass is 16.2. The molecule has 0 aromatic carbocycles. The molecular formula is C12H15N3O2. The third-order valence-electron chi connectivity index (χ3n) is 2.96. The fourth-order valence-electron chi connectivity index (χ4n) is 1.73. The number of rotatable bonds is 3. The van der Waals surface area contributed by atoms with Crippen molar-refractivity contribution in [2.45, 2.75) is 19.4 Å². The molecule has 90 valence electrons. The van der Waals surface area contributed by atoms with Crippen molar-refractivity contribution in [3.05, 3.63) is 29.6 Å². The first-order chi connectivity index (χ1) is 7.96. The monoisotopic (exact) mass is 233 g/mol. The lowest BCUT2D eigenvalue weighted by Crippen LogP contribution is -2.49. The molecule has 0 radical (unpaired) electrons. The second kappa shape index (κ2) is 3.92. The average molecular weight is 233 g/mol. The van der Waals surface area contributed by atoms with E-state index in [0.29, 0.717) is 12.1 Å². The largest absolute Gasteiger partial charge is 0.313 e. The molecule has 0 fully saturated rings. The minimum absolute atomic E-state index is 0.254. The molecule has 0 unspecified atom stereocenters. The topological polar surface area (TPSA) is 62.3 Å². The predicted molar refractivity (Wildman–Crippen MR) is 62.7 cm³/mol. The van der Waals surface area contributed by atoms with Crippen LogP contribution in [0.1, 0.15) is 34.7 Å². The fourth-order valence-corrected chi connectivity index (χ4v) is 1.73. The molecule has 2 heterocycles. The van der Waals surface area contributed by atoms with Crippen LogP contribution in [0.3, 0.4) is 0 Å². The maximum atomic E-state index is 12.0. The zero-order chi connectivity index (χ0) is 12.6. The molecule has 2 rings (SSSR count). The first-order valence-corrected chi connectivity index (χ1v) is 5.46. The van der Waals surface area contributed by atoms with E-state index < -0.39 is 0 Å². The van der Waals surface area contributed by atoms with Gasteiger partial charge in [-0.15, -0.1) is 0 Å². The highest BCUT2D eigenvalue weighted by molar-refractivity contribution is 6.20. The zero-order valence-corrected chi connectivity index (χ0v) is 10.2. The van der Waals surface area contributed by atoms with Crippen molar-refractivity contribution in [1.82, 2.24) is 15.2 Å². The summed E-state index contributed by atoms with van der Waals surface area (Å²) in [5.41, 5.74) is 0.335. The molecule has 5 heteroatoms. The smallest absolute Gasteiger partial charge is 0.280 e. The van der Waals surface area contributed by atoms with Gasteiger partial charge in [0.2, 0.25) is 0 Å². The number of hydrogen-bond donors (Lipinski definition) is 1. The molecule has 17 heavy (non-hydrogen) atoms. The molecule has 2 amide bonds. The van der Waals surface area contributed by atoms with Crippen molar-refractivity contribution in [2.24, 2.45) is 0 Å². The SMILES string of the molecule is CNC(C)(C)CN1C(=O)c2cccnc2C1=O. The van der Waals surface area contributed by atoms with Crippen molar-refractivity contribution in [3.8, 4) is 0 Å². The molecule has 0 atom stereocenters. The number of carbonyl (C=O) groups is 2. The third kappa shape index (κ3) is 1.93. The standard InChI is InChI=1S/C12H15N3O2/c1-12(2,13-3)7-15-10(16)8-5-4-6-14-9(8)11(15)17/h4-6,13H,7H2,1-3H3. The number of amides is 2. The van der Waals surface area contributed by atoms with Gasteiger partial charge in [0.1, 0.15) is 5.69 Å². The molecule has 0 saturated carbocycles. The van der Waals surface area contributed by atoms with Gasteiger partial charge in [-0.3, -0.25) is 19.5 Å². The van der Waals surface area contributed by atoms with Crippen LogP contribution in [0.15, 0.2) is 18.3 Å². The molecule has 1 N–H and O–H groups in total. The van der Waals surface area contributed by atoms with E-state index in [9.17, 15) is 9.59 Å². The van der Waals surface area contributed by atoms with E-state index in [2.05, 4.69) is 10.3 Å². The molecule has 0 saturated heterocycles. The van der Waals surface area contributed by atoms with Gasteiger partial charge >= 0.3 is 0 Å². The Bertz CT molecular complexity index is 447. The van der Waals surface area contributed by atoms with E-state index in [-0.39, 0.29) is 23.0 Å². The molecule has 0 spiro atoms. The summed E-state index contributed by atoms with van der Waals surface area (Å²) in [6, 6.07) is 3.30. The van der Waals surface area contributed by atoms with Crippen LogP contribution in [-0.2, 0) is 0 Å². The Balaban J connectivity index is 2.31. The van der Waals surface area contributed by atoms with Crippen molar-refractivity contribution < 1.29 is 9.59 Å². The second-order valence-corrected chi connectivity index (χ2v) is 4.73. The van der Waals surface area contributed by atoms with E-state index in [1.807, 2.05) is 13.8 Å². The van der Waals surface area contributed by atoms with Crippen LogP contribution in [0.2, 0.25) is 0 Å². The van der Waals surface area contributed by atoms with Crippen LogP contribution in [0, 0.1) is 0 Å². The molecule has 1 aliphatic rings. The Morgan fingerprint density at radius 1 is 1.35 bits per heavy atom. The van der Waals surface area contributed by atoms with Gasteiger partial charge in [0, 0.05) is 18.3 Å². The third-order valence-corrected chi connectivity index (χ3v) is 2.96. The van der Waals surface area contributed by atoms with Gasteiger partial charge in [-0.2, -0.15) is 0 Å². The van der Waals surface area contributed by atoms with Crippen LogP contribution in [-0.4, -0.2) is 40.8 Å². The normalized spacial score (nSPS) is 15.4. The van der Waals surface area contributed by atoms with Crippen LogP contribution in [0.25, 0.3) is 0 Å². The Morgan fingerprint density at radius 2 is 2.06 bits per heavy atom. The van der Waals surface area contributed by atoms with E-state index in [1.54, 1.807) is 19.2 Å². The number of aromatic nitrogens is 1. The first-order valence-electron chi connectivity index (χ1n) is 5.46. The van der Waals surface area contributed by atoms with E-state index in [0.717, 1.165) is 0 Å². The minimum atomic E-state index is -0.312. The number of carbonyl (C=O) groups excluding carboxylic acids is 2. The summed E-state index contributed by atoms with van der Waals surface area (Å²) in [5.74, 6) is -0.574. The second-order valence-electron chi connectivity index (χ2n) is 4.73. The van der Waals surface area contributed by atoms with E-state index >= 15 is 0 Å². The lowest BCUT2D eigenvalue weighted by atomic mass is 10.1. The summed E-state index contributed by atoms with van der Waals surface area (Å²) in [6.07, 6.45) is 1.52. The lowest BCUT2D eigenvalue weighted by Gasteiger charge is -2.28. The first kappa shape index (κ1) is 11.7. The van der Waals surface area contributed by atoms with Crippen LogP contribution >= 0.6 is 0 Å². The van der Waals surface area contributed by atoms with Crippen LogP contribution in [0.4, 0.5) is 0 Å². The zero-order valence-electron chi connectivity index (χ0n) is 10.2. The van der Waals surface area contributed by atoms with Crippen molar-refractivity contribution in [2.75, 3.05) is 13.6 Å². The van der Waals surface area contributed by atoms with Crippen LogP contribution < -0.4 is 5.32 Å². The molecule has 0 aliphatic carbocycles. The number of pyridine rings is 1. The number of nitrogens with zero attached hydrogens (tertiary/aromatic N) is 2. The molecule has 1 aliphatic heterocycles. The molecular weight excluding hydrogens is 218 g/mol. The van der Waals surface area contributed by atoms with Crippen molar-refractivity contribution >= 4 is 11.8 Å². The van der Waals surface area contributed by atoms with Gasteiger partial charge in [-0.05, 0) is 33.0 Å². The number of likely N-dealkylation sites (N-methyl/N-ethyl adjacent to an activating group) is 1. The Labute approximate surface area is 99.8 Å². The highest BCUT2D eigenvalue weighted by Crippen LogP contribution is 2.22. The van der Waals surface area contributed by atoms with Gasteiger partial charge < -0.3 is 5.32 Å². The lowest BCUT2D eigenvalue weighted by molar-refractivity contribution is 0.0614. The quantitative estimate of drug-likeness (QED) is 0.780. The van der Waals surface area contributed by atoms with Crippen molar-refractivity contribution in [1.29, 1.82) is 0 Å². The summed E-state index contributed by atoms with van der Waals surface area (Å²) < 4.78 is 0. The van der Waals surface area contributed by atoms with Gasteiger partial charge in [0.25, 0.3) is 11.8 Å². The summed E-state index contributed by atoms with van der Waals surface area (Å²) in [6.45, 7) is 4.20. The predicted octanol–water partition coefficient (Wildman–Crippen LogP) is 0.676. The molecule has 1 aromatic rings. The molecule has 1 aromatic heterocycles. The molecule has 0 bridgehead atoms. The van der Waals surface area contributed by atoms with Crippen LogP contribution in [0.5, 0.6) is 0 Å². The highest BCUT2D eigenvalue weighted by Gasteiger charge is 2.38. The Morgan fingerprint density at radius 3 is 2.65 bits per heavy atom. The summed E-state index contributed by atoms with van der Waals surface area (Å²) in [4.78, 5) is 29.3. The number of hydrogen-bond acceptors (Lipinski definition) is 4. The Kier molecular flexibility index (Phi) is 2.71. The minimum Gasteiger partial charge on any atom is -0.313 e. The fraction of sp³-hybridized carbons (Fsp3) is 0.417. The van der Waals surface area contributed by atoms with E-state index in [4.69, 9.17) is 0 Å². The maximum Gasteiger partial charge on any atom is 0.280 e. The van der Waals surface area contributed by atoms with Crippen molar-refractivity contribution in [3.63, 3.8) is 0 Å². The van der Waals surface area contributed by atoms with Gasteiger partial charge in [0.05, 0.1) is 5.56 Å². The Hall–Kier alpha value is -1.75. The van der Waals surface area contributed by atoms with E-state index in [1.165, 1.54) is 11.1 Å². The maximum absolute atomic E-state index is 12.0. The summed E-state index contributed by atoms with van der Waals surface area (Å²) >= 11 is 0. The number of fused-ring (bicyclic) bond motifs is 1. The average Bonchev–Trinajstić information content (AvgIpc) is 2.55. The summed E-state index contributed by atoms with van der Waals surface area (Å²) in [5, 5.41) is 3.07. The van der Waals surface area contributed by atoms with Gasteiger partial charge in [0.15, 0.2) is 0 Å².